The monoisotopic (exact) mass is 516 g/mol. The Labute approximate surface area is 217 Å². The molecule has 0 saturated heterocycles. The van der Waals surface area contributed by atoms with Crippen molar-refractivity contribution in [2.45, 2.75) is 13.2 Å². The number of nitrogens with zero attached hydrogens (tertiary/aromatic N) is 5. The summed E-state index contributed by atoms with van der Waals surface area (Å²) in [5.74, 6) is 0.991. The first kappa shape index (κ1) is 25.8. The number of carbonyl (C=O) groups is 1. The normalized spacial score (nSPS) is 10.8. The second-order valence-corrected chi connectivity index (χ2v) is 7.91. The Kier molecular flexibility index (Phi) is 8.24. The second-order valence-electron chi connectivity index (χ2n) is 7.91. The van der Waals surface area contributed by atoms with Gasteiger partial charge in [0, 0.05) is 16.2 Å². The van der Waals surface area contributed by atoms with Crippen LogP contribution < -0.4 is 19.6 Å². The molecule has 3 aromatic carbocycles. The van der Waals surface area contributed by atoms with E-state index >= 15 is 0 Å². The van der Waals surface area contributed by atoms with Crippen molar-refractivity contribution in [1.29, 1.82) is 0 Å². The Morgan fingerprint density at radius 2 is 1.79 bits per heavy atom. The summed E-state index contributed by atoms with van der Waals surface area (Å²) in [5, 5.41) is 18.7. The lowest BCUT2D eigenvalue weighted by atomic mass is 10.1. The lowest BCUT2D eigenvalue weighted by Gasteiger charge is -2.10. The molecule has 0 aliphatic carbocycles. The van der Waals surface area contributed by atoms with E-state index in [4.69, 9.17) is 14.2 Å². The average Bonchev–Trinajstić information content (AvgIpc) is 3.41. The lowest BCUT2D eigenvalue weighted by molar-refractivity contribution is -0.394. The molecule has 1 heterocycles. The van der Waals surface area contributed by atoms with Crippen molar-refractivity contribution in [3.63, 3.8) is 0 Å². The molecule has 1 amide bonds. The van der Waals surface area contributed by atoms with Gasteiger partial charge in [-0.3, -0.25) is 4.79 Å². The summed E-state index contributed by atoms with van der Waals surface area (Å²) in [6.45, 7) is 0.521. The van der Waals surface area contributed by atoms with Gasteiger partial charge in [-0.1, -0.05) is 29.2 Å². The van der Waals surface area contributed by atoms with Crippen molar-refractivity contribution in [2.75, 3.05) is 14.2 Å². The molecular formula is C26H24N6O6. The van der Waals surface area contributed by atoms with Gasteiger partial charge in [-0.25, -0.2) is 5.43 Å². The summed E-state index contributed by atoms with van der Waals surface area (Å²) < 4.78 is 17.8. The number of ether oxygens (including phenoxy) is 3. The largest absolute Gasteiger partial charge is 0.496 e. The number of carbonyl (C=O) groups excluding carboxylic acids is 1. The van der Waals surface area contributed by atoms with Crippen LogP contribution in [0.1, 0.15) is 27.0 Å². The maximum atomic E-state index is 12.5. The smallest absolute Gasteiger partial charge is 0.490 e. The van der Waals surface area contributed by atoms with Crippen LogP contribution in [-0.4, -0.2) is 46.0 Å². The Morgan fingerprint density at radius 1 is 1.05 bits per heavy atom. The first-order valence-electron chi connectivity index (χ1n) is 11.4. The number of hydrogen-bond acceptors (Lipinski definition) is 9. The molecule has 0 unspecified atom stereocenters. The van der Waals surface area contributed by atoms with E-state index in [2.05, 4.69) is 20.6 Å². The van der Waals surface area contributed by atoms with E-state index in [0.29, 0.717) is 40.5 Å². The highest BCUT2D eigenvalue weighted by Gasteiger charge is 2.15. The third-order valence-corrected chi connectivity index (χ3v) is 5.38. The zero-order valence-corrected chi connectivity index (χ0v) is 20.6. The van der Waals surface area contributed by atoms with Crippen molar-refractivity contribution in [1.82, 2.24) is 20.2 Å². The van der Waals surface area contributed by atoms with E-state index in [1.807, 2.05) is 24.3 Å². The highest BCUT2D eigenvalue weighted by Crippen LogP contribution is 2.26. The first-order chi connectivity index (χ1) is 18.5. The molecule has 1 aromatic heterocycles. The van der Waals surface area contributed by atoms with Gasteiger partial charge in [-0.05, 0) is 58.5 Å². The summed E-state index contributed by atoms with van der Waals surface area (Å²) in [7, 11) is 3.10. The summed E-state index contributed by atoms with van der Waals surface area (Å²) in [6, 6.07) is 19.6. The zero-order valence-electron chi connectivity index (χ0n) is 20.6. The number of amides is 1. The van der Waals surface area contributed by atoms with Crippen LogP contribution in [0.3, 0.4) is 0 Å². The standard InChI is InChI=1S/C26H24N6O6/c1-36-22-12-9-19(13-21(22)15-31-17-27-26(30-31)32(34)35)14-28-29-25(33)20-10-7-18(8-11-20)16-38-24-6-4-3-5-23(24)37-2/h3-14,17H,15-16H2,1-2H3,(H,29,33). The van der Waals surface area contributed by atoms with Gasteiger partial charge in [0.1, 0.15) is 12.4 Å². The molecular weight excluding hydrogens is 492 g/mol. The third kappa shape index (κ3) is 6.49. The average molecular weight is 517 g/mol. The predicted octanol–water partition coefficient (Wildman–Crippen LogP) is 3.59. The Bertz CT molecular complexity index is 1450. The fourth-order valence-corrected chi connectivity index (χ4v) is 3.50. The van der Waals surface area contributed by atoms with E-state index in [1.54, 1.807) is 49.6 Å². The molecule has 12 nitrogen and oxygen atoms in total. The van der Waals surface area contributed by atoms with Crippen LogP contribution in [0.15, 0.2) is 78.2 Å². The molecule has 0 aliphatic rings. The molecule has 0 spiro atoms. The van der Waals surface area contributed by atoms with Gasteiger partial charge in [-0.2, -0.15) is 9.78 Å². The zero-order chi connectivity index (χ0) is 26.9. The summed E-state index contributed by atoms with van der Waals surface area (Å²) in [4.78, 5) is 26.3. The van der Waals surface area contributed by atoms with Crippen LogP contribution in [0.25, 0.3) is 0 Å². The molecule has 12 heteroatoms. The van der Waals surface area contributed by atoms with Crippen LogP contribution in [-0.2, 0) is 13.2 Å². The number of rotatable bonds is 11. The summed E-state index contributed by atoms with van der Waals surface area (Å²) in [5.41, 5.74) is 5.21. The Balaban J connectivity index is 1.35. The number of hydrogen-bond donors (Lipinski definition) is 1. The number of aromatic nitrogens is 3. The van der Waals surface area contributed by atoms with Gasteiger partial charge in [-0.15, -0.1) is 0 Å². The minimum absolute atomic E-state index is 0.200. The van der Waals surface area contributed by atoms with Crippen molar-refractivity contribution in [3.05, 3.63) is 105 Å². The van der Waals surface area contributed by atoms with Gasteiger partial charge < -0.3 is 24.3 Å². The molecule has 0 fully saturated rings. The Hall–Kier alpha value is -5.26. The summed E-state index contributed by atoms with van der Waals surface area (Å²) >= 11 is 0. The minimum atomic E-state index is -0.664. The number of benzene rings is 3. The van der Waals surface area contributed by atoms with E-state index in [-0.39, 0.29) is 12.5 Å². The first-order valence-corrected chi connectivity index (χ1v) is 11.4. The maximum absolute atomic E-state index is 12.5. The van der Waals surface area contributed by atoms with Gasteiger partial charge >= 0.3 is 5.95 Å². The SMILES string of the molecule is COc1ccc(C=NNC(=O)c2ccc(COc3ccccc3OC)cc2)cc1Cn1cnc([N+](=O)[O-])n1. The number of para-hydroxylation sites is 2. The minimum Gasteiger partial charge on any atom is -0.496 e. The molecule has 0 bridgehead atoms. The van der Waals surface area contributed by atoms with Crippen LogP contribution >= 0.6 is 0 Å². The van der Waals surface area contributed by atoms with E-state index < -0.39 is 10.9 Å². The molecule has 194 valence electrons. The molecule has 0 saturated carbocycles. The van der Waals surface area contributed by atoms with E-state index in [0.717, 1.165) is 5.56 Å². The fraction of sp³-hybridized carbons (Fsp3) is 0.154. The molecule has 1 N–H and O–H groups in total. The van der Waals surface area contributed by atoms with Gasteiger partial charge in [0.25, 0.3) is 5.91 Å². The van der Waals surface area contributed by atoms with Crippen LogP contribution in [0.4, 0.5) is 5.95 Å². The van der Waals surface area contributed by atoms with E-state index in [1.165, 1.54) is 24.3 Å². The molecule has 38 heavy (non-hydrogen) atoms. The lowest BCUT2D eigenvalue weighted by Crippen LogP contribution is -2.17. The van der Waals surface area contributed by atoms with Crippen LogP contribution in [0.5, 0.6) is 17.2 Å². The van der Waals surface area contributed by atoms with Crippen molar-refractivity contribution >= 4 is 18.1 Å². The van der Waals surface area contributed by atoms with Crippen LogP contribution in [0, 0.1) is 10.1 Å². The molecule has 4 rings (SSSR count). The molecule has 4 aromatic rings. The number of methoxy groups -OCH3 is 2. The predicted molar refractivity (Wildman–Crippen MR) is 138 cm³/mol. The Morgan fingerprint density at radius 3 is 2.47 bits per heavy atom. The second kappa shape index (κ2) is 12.1. The van der Waals surface area contributed by atoms with Crippen molar-refractivity contribution in [2.24, 2.45) is 5.10 Å². The third-order valence-electron chi connectivity index (χ3n) is 5.38. The molecule has 0 radical (unpaired) electrons. The highest BCUT2D eigenvalue weighted by atomic mass is 16.6. The van der Waals surface area contributed by atoms with Crippen molar-refractivity contribution in [3.8, 4) is 17.2 Å². The van der Waals surface area contributed by atoms with Gasteiger partial charge in [0.15, 0.2) is 11.5 Å². The highest BCUT2D eigenvalue weighted by molar-refractivity contribution is 5.94. The summed E-state index contributed by atoms with van der Waals surface area (Å²) in [6.07, 6.45) is 2.76. The number of nitro groups is 1. The molecule has 0 atom stereocenters. The molecule has 0 aliphatic heterocycles. The maximum Gasteiger partial charge on any atom is 0.490 e. The van der Waals surface area contributed by atoms with E-state index in [9.17, 15) is 14.9 Å². The van der Waals surface area contributed by atoms with Gasteiger partial charge in [0.2, 0.25) is 6.33 Å². The topological polar surface area (TPSA) is 143 Å². The van der Waals surface area contributed by atoms with Crippen molar-refractivity contribution < 1.29 is 23.9 Å². The quantitative estimate of drug-likeness (QED) is 0.181. The van der Waals surface area contributed by atoms with Crippen LogP contribution in [0.2, 0.25) is 0 Å². The number of hydrazone groups is 1. The fourth-order valence-electron chi connectivity index (χ4n) is 3.50. The number of nitrogens with one attached hydrogen (secondary N) is 1. The van der Waals surface area contributed by atoms with Gasteiger partial charge in [0.05, 0.1) is 27.0 Å².